The van der Waals surface area contributed by atoms with Crippen molar-refractivity contribution in [1.82, 2.24) is 5.32 Å². The molecule has 1 amide bonds. The van der Waals surface area contributed by atoms with Gasteiger partial charge in [0, 0.05) is 18.4 Å². The minimum atomic E-state index is -0.270. The van der Waals surface area contributed by atoms with Crippen LogP contribution in [0.5, 0.6) is 11.5 Å². The predicted molar refractivity (Wildman–Crippen MR) is 131 cm³/mol. The Morgan fingerprint density at radius 1 is 1.16 bits per heavy atom. The molecule has 2 aromatic rings. The molecule has 8 heteroatoms. The van der Waals surface area contributed by atoms with E-state index >= 15 is 0 Å². The maximum Gasteiger partial charge on any atom is 0.271 e. The molecule has 0 spiro atoms. The molecular weight excluding hydrogens is 455 g/mol. The van der Waals surface area contributed by atoms with Crippen molar-refractivity contribution in [3.05, 3.63) is 57.6 Å². The van der Waals surface area contributed by atoms with Gasteiger partial charge in [0.15, 0.2) is 11.5 Å². The van der Waals surface area contributed by atoms with Gasteiger partial charge in [-0.2, -0.15) is 0 Å². The maximum absolute atomic E-state index is 12.7. The number of carbonyl (C=O) groups excluding carboxylic acids is 1. The van der Waals surface area contributed by atoms with Crippen LogP contribution in [0.1, 0.15) is 37.8 Å². The van der Waals surface area contributed by atoms with Crippen LogP contribution in [0, 0.1) is 0 Å². The van der Waals surface area contributed by atoms with Crippen molar-refractivity contribution in [3.8, 4) is 11.5 Å². The number of nitrogens with one attached hydrogen (secondary N) is 1. The summed E-state index contributed by atoms with van der Waals surface area (Å²) < 4.78 is 15.7. The summed E-state index contributed by atoms with van der Waals surface area (Å²) in [6.45, 7) is 4.63. The molecule has 0 aliphatic carbocycles. The Bertz CT molecular complexity index is 922. The fraction of sp³-hybridized carbons (Fsp3) is 0.391. The largest absolute Gasteiger partial charge is 0.493 e. The summed E-state index contributed by atoms with van der Waals surface area (Å²) in [5.41, 5.74) is 1.95. The topological polar surface area (TPSA) is 59.9 Å². The standard InChI is InChI=1S/C23H28Cl2N2O3S/c1-5-6-15(2)30-20-10-7-16(13-21(20)29-3)11-12-26-23(28)22(27-31-4)17-8-9-18(24)19(25)14-17/h7-10,13-15H,5-6,11-12H2,1-4H3,(H,26,28). The second kappa shape index (κ2) is 12.8. The number of rotatable bonds is 11. The molecule has 0 saturated heterocycles. The van der Waals surface area contributed by atoms with E-state index in [4.69, 9.17) is 32.7 Å². The highest BCUT2D eigenvalue weighted by Gasteiger charge is 2.16. The average Bonchev–Trinajstić information content (AvgIpc) is 2.75. The van der Waals surface area contributed by atoms with Crippen molar-refractivity contribution in [2.45, 2.75) is 39.2 Å². The zero-order valence-corrected chi connectivity index (χ0v) is 20.5. The van der Waals surface area contributed by atoms with Crippen LogP contribution in [-0.4, -0.2) is 37.6 Å². The fourth-order valence-electron chi connectivity index (χ4n) is 3.01. The van der Waals surface area contributed by atoms with Crippen LogP contribution in [0.15, 0.2) is 40.8 Å². The third kappa shape index (κ3) is 7.63. The Morgan fingerprint density at radius 3 is 2.58 bits per heavy atom. The van der Waals surface area contributed by atoms with E-state index in [1.165, 1.54) is 11.9 Å². The van der Waals surface area contributed by atoms with Crippen LogP contribution in [0.4, 0.5) is 0 Å². The summed E-state index contributed by atoms with van der Waals surface area (Å²) in [5, 5.41) is 3.73. The Morgan fingerprint density at radius 2 is 1.94 bits per heavy atom. The molecule has 0 bridgehead atoms. The van der Waals surface area contributed by atoms with Crippen LogP contribution in [0.3, 0.4) is 0 Å². The molecule has 2 rings (SSSR count). The first-order chi connectivity index (χ1) is 14.9. The lowest BCUT2D eigenvalue weighted by atomic mass is 10.1. The summed E-state index contributed by atoms with van der Waals surface area (Å²) in [4.78, 5) is 12.7. The Balaban J connectivity index is 2.01. The van der Waals surface area contributed by atoms with Gasteiger partial charge in [-0.05, 0) is 61.5 Å². The zero-order chi connectivity index (χ0) is 22.8. The van der Waals surface area contributed by atoms with Gasteiger partial charge in [-0.15, -0.1) is 0 Å². The Hall–Kier alpha value is -1.89. The molecule has 2 aromatic carbocycles. The van der Waals surface area contributed by atoms with Gasteiger partial charge in [0.2, 0.25) is 0 Å². The number of carbonyl (C=O) groups is 1. The van der Waals surface area contributed by atoms with E-state index in [1.807, 2.05) is 25.1 Å². The maximum atomic E-state index is 12.7. The summed E-state index contributed by atoms with van der Waals surface area (Å²) in [7, 11) is 1.63. The van der Waals surface area contributed by atoms with Crippen LogP contribution < -0.4 is 14.8 Å². The molecule has 0 aliphatic heterocycles. The smallest absolute Gasteiger partial charge is 0.271 e. The van der Waals surface area contributed by atoms with Crippen LogP contribution >= 0.6 is 35.1 Å². The third-order valence-corrected chi connectivity index (χ3v) is 5.65. The zero-order valence-electron chi connectivity index (χ0n) is 18.2. The predicted octanol–water partition coefficient (Wildman–Crippen LogP) is 6.00. The Labute approximate surface area is 198 Å². The highest BCUT2D eigenvalue weighted by molar-refractivity contribution is 7.97. The van der Waals surface area contributed by atoms with Gasteiger partial charge in [0.05, 0.1) is 23.3 Å². The van der Waals surface area contributed by atoms with Crippen molar-refractivity contribution >= 4 is 46.8 Å². The van der Waals surface area contributed by atoms with E-state index in [0.29, 0.717) is 40.0 Å². The number of nitrogens with zero attached hydrogens (tertiary/aromatic N) is 1. The van der Waals surface area contributed by atoms with Crippen molar-refractivity contribution < 1.29 is 14.3 Å². The quantitative estimate of drug-likeness (QED) is 0.315. The van der Waals surface area contributed by atoms with E-state index in [0.717, 1.165) is 24.2 Å². The second-order valence-electron chi connectivity index (χ2n) is 6.96. The number of hydrogen-bond donors (Lipinski definition) is 1. The van der Waals surface area contributed by atoms with Gasteiger partial charge < -0.3 is 14.8 Å². The summed E-state index contributed by atoms with van der Waals surface area (Å²) in [6.07, 6.45) is 4.60. The molecule has 5 nitrogen and oxygen atoms in total. The number of benzene rings is 2. The highest BCUT2D eigenvalue weighted by atomic mass is 35.5. The SMILES string of the molecule is CCCC(C)Oc1ccc(CCNC(=O)C(=NSC)c2ccc(Cl)c(Cl)c2)cc1OC. The van der Waals surface area contributed by atoms with Gasteiger partial charge in [-0.3, -0.25) is 4.79 Å². The van der Waals surface area contributed by atoms with Gasteiger partial charge in [0.25, 0.3) is 5.91 Å². The molecule has 0 radical (unpaired) electrons. The van der Waals surface area contributed by atoms with E-state index in [2.05, 4.69) is 16.6 Å². The molecule has 0 heterocycles. The molecule has 31 heavy (non-hydrogen) atoms. The number of methoxy groups -OCH3 is 1. The summed E-state index contributed by atoms with van der Waals surface area (Å²) >= 11 is 13.3. The number of amides is 1. The molecule has 1 atom stereocenters. The van der Waals surface area contributed by atoms with Gasteiger partial charge in [0.1, 0.15) is 5.71 Å². The molecule has 0 aliphatic rings. The van der Waals surface area contributed by atoms with E-state index in [9.17, 15) is 4.79 Å². The van der Waals surface area contributed by atoms with Crippen molar-refractivity contribution in [2.24, 2.45) is 4.40 Å². The minimum Gasteiger partial charge on any atom is -0.493 e. The number of halogens is 2. The molecular formula is C23H28Cl2N2O3S. The molecule has 1 unspecified atom stereocenters. The average molecular weight is 483 g/mol. The minimum absolute atomic E-state index is 0.125. The number of hydrogen-bond acceptors (Lipinski definition) is 5. The third-order valence-electron chi connectivity index (χ3n) is 4.54. The van der Waals surface area contributed by atoms with Gasteiger partial charge >= 0.3 is 0 Å². The molecule has 1 N–H and O–H groups in total. The lowest BCUT2D eigenvalue weighted by Crippen LogP contribution is -2.33. The fourth-order valence-corrected chi connectivity index (χ4v) is 3.68. The van der Waals surface area contributed by atoms with Crippen LogP contribution in [-0.2, 0) is 11.2 Å². The first-order valence-corrected chi connectivity index (χ1v) is 12.0. The number of ether oxygens (including phenoxy) is 2. The molecule has 0 aromatic heterocycles. The van der Waals surface area contributed by atoms with Crippen LogP contribution in [0.2, 0.25) is 10.0 Å². The normalized spacial score (nSPS) is 12.4. The van der Waals surface area contributed by atoms with Crippen molar-refractivity contribution in [2.75, 3.05) is 19.9 Å². The Kier molecular flexibility index (Phi) is 10.5. The molecule has 0 fully saturated rings. The molecule has 0 saturated carbocycles. The first kappa shape index (κ1) is 25.4. The van der Waals surface area contributed by atoms with Gasteiger partial charge in [-0.1, -0.05) is 48.7 Å². The molecule has 168 valence electrons. The lowest BCUT2D eigenvalue weighted by molar-refractivity contribution is -0.114. The van der Waals surface area contributed by atoms with E-state index in [1.54, 1.807) is 31.6 Å². The highest BCUT2D eigenvalue weighted by Crippen LogP contribution is 2.29. The van der Waals surface area contributed by atoms with Crippen molar-refractivity contribution in [3.63, 3.8) is 0 Å². The van der Waals surface area contributed by atoms with Crippen LogP contribution in [0.25, 0.3) is 0 Å². The van der Waals surface area contributed by atoms with E-state index in [-0.39, 0.29) is 12.0 Å². The first-order valence-electron chi connectivity index (χ1n) is 10.1. The second-order valence-corrected chi connectivity index (χ2v) is 8.32. The summed E-state index contributed by atoms with van der Waals surface area (Å²) in [5.74, 6) is 1.14. The monoisotopic (exact) mass is 482 g/mol. The van der Waals surface area contributed by atoms with Crippen molar-refractivity contribution in [1.29, 1.82) is 0 Å². The summed E-state index contributed by atoms with van der Waals surface area (Å²) in [6, 6.07) is 10.9. The van der Waals surface area contributed by atoms with Gasteiger partial charge in [-0.25, -0.2) is 4.40 Å². The van der Waals surface area contributed by atoms with E-state index < -0.39 is 0 Å². The lowest BCUT2D eigenvalue weighted by Gasteiger charge is -2.17.